The summed E-state index contributed by atoms with van der Waals surface area (Å²) in [7, 11) is 0. The molecule has 1 fully saturated rings. The molecule has 2 heterocycles. The van der Waals surface area contributed by atoms with E-state index in [0.717, 1.165) is 51.4 Å². The quantitative estimate of drug-likeness (QED) is 0.887. The smallest absolute Gasteiger partial charge is 0.135 e. The number of fused-ring (bicyclic) bond motifs is 1. The first-order valence-electron chi connectivity index (χ1n) is 7.55. The van der Waals surface area contributed by atoms with Crippen molar-refractivity contribution in [3.8, 4) is 0 Å². The normalized spacial score (nSPS) is 20.2. The standard InChI is InChI=1S/C15H24N4O/c1-15(2,20)10-18-6-8-19(9-7-18)14-12-4-3-5-13(12)16-11-17-14/h11,20H,3-10H2,1-2H3. The molecule has 2 aliphatic rings. The first-order valence-corrected chi connectivity index (χ1v) is 7.55. The Bertz CT molecular complexity index is 475. The van der Waals surface area contributed by atoms with Gasteiger partial charge < -0.3 is 10.0 Å². The molecular weight excluding hydrogens is 252 g/mol. The fourth-order valence-corrected chi connectivity index (χ4v) is 3.28. The van der Waals surface area contributed by atoms with Gasteiger partial charge in [-0.1, -0.05) is 0 Å². The third kappa shape index (κ3) is 2.94. The van der Waals surface area contributed by atoms with Gasteiger partial charge in [-0.05, 0) is 33.1 Å². The van der Waals surface area contributed by atoms with Crippen molar-refractivity contribution >= 4 is 5.82 Å². The predicted molar refractivity (Wildman–Crippen MR) is 79.0 cm³/mol. The van der Waals surface area contributed by atoms with Crippen LogP contribution in [0.25, 0.3) is 0 Å². The Balaban J connectivity index is 1.66. The molecule has 1 aliphatic carbocycles. The molecule has 0 amide bonds. The van der Waals surface area contributed by atoms with Crippen molar-refractivity contribution in [2.75, 3.05) is 37.6 Å². The van der Waals surface area contributed by atoms with Crippen LogP contribution in [-0.2, 0) is 12.8 Å². The second-order valence-corrected chi connectivity index (χ2v) is 6.55. The van der Waals surface area contributed by atoms with Gasteiger partial charge in [0.1, 0.15) is 12.1 Å². The van der Waals surface area contributed by atoms with Crippen molar-refractivity contribution in [1.82, 2.24) is 14.9 Å². The van der Waals surface area contributed by atoms with Crippen molar-refractivity contribution in [2.45, 2.75) is 38.7 Å². The molecule has 5 nitrogen and oxygen atoms in total. The minimum absolute atomic E-state index is 0.613. The summed E-state index contributed by atoms with van der Waals surface area (Å²) in [5.41, 5.74) is 2.00. The van der Waals surface area contributed by atoms with E-state index in [-0.39, 0.29) is 0 Å². The molecule has 1 saturated heterocycles. The van der Waals surface area contributed by atoms with Crippen molar-refractivity contribution in [3.63, 3.8) is 0 Å². The maximum atomic E-state index is 9.90. The summed E-state index contributed by atoms with van der Waals surface area (Å²) in [5, 5.41) is 9.90. The van der Waals surface area contributed by atoms with Crippen LogP contribution in [0.1, 0.15) is 31.5 Å². The molecule has 1 aromatic heterocycles. The molecule has 0 aromatic carbocycles. The lowest BCUT2D eigenvalue weighted by Gasteiger charge is -2.38. The first kappa shape index (κ1) is 13.8. The highest BCUT2D eigenvalue weighted by molar-refractivity contribution is 5.50. The van der Waals surface area contributed by atoms with Gasteiger partial charge in [0.15, 0.2) is 0 Å². The number of β-amino-alcohol motifs (C(OH)–C–C–N with tert-alkyl or cyclic N) is 1. The third-order valence-electron chi connectivity index (χ3n) is 4.13. The number of aliphatic hydroxyl groups is 1. The Morgan fingerprint density at radius 1 is 1.15 bits per heavy atom. The molecule has 3 rings (SSSR count). The van der Waals surface area contributed by atoms with Crippen LogP contribution in [0.5, 0.6) is 0 Å². The van der Waals surface area contributed by atoms with Crippen molar-refractivity contribution < 1.29 is 5.11 Å². The van der Waals surface area contributed by atoms with Crippen LogP contribution in [-0.4, -0.2) is 58.3 Å². The van der Waals surface area contributed by atoms with E-state index in [9.17, 15) is 5.11 Å². The predicted octanol–water partition coefficient (Wildman–Crippen LogP) is 0.858. The maximum absolute atomic E-state index is 9.90. The molecule has 0 unspecified atom stereocenters. The van der Waals surface area contributed by atoms with Gasteiger partial charge in [0.05, 0.1) is 5.60 Å². The molecule has 5 heteroatoms. The second-order valence-electron chi connectivity index (χ2n) is 6.55. The van der Waals surface area contributed by atoms with Crippen LogP contribution in [0.3, 0.4) is 0 Å². The summed E-state index contributed by atoms with van der Waals surface area (Å²) in [6.45, 7) is 8.43. The number of hydrogen-bond donors (Lipinski definition) is 1. The van der Waals surface area contributed by atoms with Gasteiger partial charge in [0.25, 0.3) is 0 Å². The van der Waals surface area contributed by atoms with Crippen molar-refractivity contribution in [1.29, 1.82) is 0 Å². The lowest BCUT2D eigenvalue weighted by Crippen LogP contribution is -2.50. The summed E-state index contributed by atoms with van der Waals surface area (Å²) >= 11 is 0. The highest BCUT2D eigenvalue weighted by Crippen LogP contribution is 2.28. The molecule has 0 spiro atoms. The van der Waals surface area contributed by atoms with Gasteiger partial charge in [-0.25, -0.2) is 9.97 Å². The van der Waals surface area contributed by atoms with Gasteiger partial charge >= 0.3 is 0 Å². The summed E-state index contributed by atoms with van der Waals surface area (Å²) < 4.78 is 0. The molecule has 0 atom stereocenters. The molecule has 1 N–H and O–H groups in total. The van der Waals surface area contributed by atoms with Gasteiger partial charge in [0, 0.05) is 44.0 Å². The number of rotatable bonds is 3. The highest BCUT2D eigenvalue weighted by atomic mass is 16.3. The summed E-state index contributed by atoms with van der Waals surface area (Å²) in [6, 6.07) is 0. The van der Waals surface area contributed by atoms with Crippen LogP contribution in [0.4, 0.5) is 5.82 Å². The molecule has 0 radical (unpaired) electrons. The van der Waals surface area contributed by atoms with Crippen LogP contribution in [0.2, 0.25) is 0 Å². The van der Waals surface area contributed by atoms with E-state index in [0.29, 0.717) is 0 Å². The Labute approximate surface area is 120 Å². The van der Waals surface area contributed by atoms with E-state index < -0.39 is 5.60 Å². The van der Waals surface area contributed by atoms with Crippen molar-refractivity contribution in [2.24, 2.45) is 0 Å². The molecule has 110 valence electrons. The molecule has 20 heavy (non-hydrogen) atoms. The fourth-order valence-electron chi connectivity index (χ4n) is 3.28. The van der Waals surface area contributed by atoms with E-state index in [4.69, 9.17) is 0 Å². The average molecular weight is 276 g/mol. The maximum Gasteiger partial charge on any atom is 0.135 e. The largest absolute Gasteiger partial charge is 0.389 e. The highest BCUT2D eigenvalue weighted by Gasteiger charge is 2.26. The number of anilines is 1. The minimum atomic E-state index is -0.613. The molecule has 1 aromatic rings. The average Bonchev–Trinajstić information content (AvgIpc) is 2.86. The number of piperazine rings is 1. The topological polar surface area (TPSA) is 52.5 Å². The van der Waals surface area contributed by atoms with E-state index in [1.54, 1.807) is 6.33 Å². The van der Waals surface area contributed by atoms with Gasteiger partial charge in [-0.3, -0.25) is 4.90 Å². The van der Waals surface area contributed by atoms with Crippen LogP contribution in [0.15, 0.2) is 6.33 Å². The van der Waals surface area contributed by atoms with E-state index >= 15 is 0 Å². The summed E-state index contributed by atoms with van der Waals surface area (Å²) in [6.07, 6.45) is 5.14. The third-order valence-corrected chi connectivity index (χ3v) is 4.13. The SMILES string of the molecule is CC(C)(O)CN1CCN(c2ncnc3c2CCC3)CC1. The van der Waals surface area contributed by atoms with Gasteiger partial charge in [-0.2, -0.15) is 0 Å². The minimum Gasteiger partial charge on any atom is -0.389 e. The zero-order valence-electron chi connectivity index (χ0n) is 12.5. The van der Waals surface area contributed by atoms with Crippen LogP contribution in [0, 0.1) is 0 Å². The van der Waals surface area contributed by atoms with Crippen LogP contribution >= 0.6 is 0 Å². The molecule has 1 aliphatic heterocycles. The van der Waals surface area contributed by atoms with E-state index in [2.05, 4.69) is 19.8 Å². The monoisotopic (exact) mass is 276 g/mol. The second kappa shape index (κ2) is 5.30. The Morgan fingerprint density at radius 2 is 1.90 bits per heavy atom. The van der Waals surface area contributed by atoms with Crippen molar-refractivity contribution in [3.05, 3.63) is 17.6 Å². The van der Waals surface area contributed by atoms with E-state index in [1.165, 1.54) is 17.7 Å². The summed E-state index contributed by atoms with van der Waals surface area (Å²) in [4.78, 5) is 13.6. The first-order chi connectivity index (χ1) is 9.53. The van der Waals surface area contributed by atoms with Crippen LogP contribution < -0.4 is 4.90 Å². The van der Waals surface area contributed by atoms with E-state index in [1.807, 2.05) is 13.8 Å². The lowest BCUT2D eigenvalue weighted by molar-refractivity contribution is 0.0344. The zero-order valence-corrected chi connectivity index (χ0v) is 12.5. The Kier molecular flexibility index (Phi) is 3.65. The Hall–Kier alpha value is -1.20. The molecule has 0 bridgehead atoms. The Morgan fingerprint density at radius 3 is 2.60 bits per heavy atom. The molecular formula is C15H24N4O. The number of hydrogen-bond acceptors (Lipinski definition) is 5. The zero-order chi connectivity index (χ0) is 14.2. The van der Waals surface area contributed by atoms with Gasteiger partial charge in [-0.15, -0.1) is 0 Å². The number of aryl methyl sites for hydroxylation is 1. The fraction of sp³-hybridized carbons (Fsp3) is 0.733. The summed E-state index contributed by atoms with van der Waals surface area (Å²) in [5.74, 6) is 1.15. The number of nitrogens with zero attached hydrogens (tertiary/aromatic N) is 4. The lowest BCUT2D eigenvalue weighted by atomic mass is 10.1. The number of aromatic nitrogens is 2. The molecule has 0 saturated carbocycles. The van der Waals surface area contributed by atoms with Gasteiger partial charge in [0.2, 0.25) is 0 Å².